The van der Waals surface area contributed by atoms with E-state index in [4.69, 9.17) is 11.6 Å². The number of carbonyl (C=O) groups excluding carboxylic acids is 2. The first-order valence-corrected chi connectivity index (χ1v) is 10.6. The zero-order valence-electron chi connectivity index (χ0n) is 13.2. The van der Waals surface area contributed by atoms with Crippen LogP contribution in [0.1, 0.15) is 16.1 Å². The van der Waals surface area contributed by atoms with Crippen molar-refractivity contribution in [1.82, 2.24) is 5.32 Å². The number of hydrogen-bond acceptors (Lipinski definition) is 5. The standard InChI is InChI=1S/C16H15ClN2O4S2/c1-25(22,23)10-8-14(24-9-10)15(20)18-12-6-7-19(16(12)21)13-5-3-2-4-11(13)17/h2-5,8-9,12H,6-7H2,1H3,(H,18,20). The molecule has 1 N–H and O–H groups in total. The number of anilines is 1. The fourth-order valence-corrected chi connectivity index (χ4v) is 4.75. The van der Waals surface area contributed by atoms with Gasteiger partial charge in [-0.2, -0.15) is 0 Å². The Morgan fingerprint density at radius 1 is 1.36 bits per heavy atom. The van der Waals surface area contributed by atoms with Gasteiger partial charge in [-0.3, -0.25) is 9.59 Å². The number of thiophene rings is 1. The van der Waals surface area contributed by atoms with Gasteiger partial charge >= 0.3 is 0 Å². The van der Waals surface area contributed by atoms with Crippen LogP contribution in [0.2, 0.25) is 5.02 Å². The average molecular weight is 399 g/mol. The Balaban J connectivity index is 1.72. The second-order valence-electron chi connectivity index (χ2n) is 5.67. The molecule has 2 aromatic rings. The van der Waals surface area contributed by atoms with Gasteiger partial charge in [-0.15, -0.1) is 11.3 Å². The van der Waals surface area contributed by atoms with Gasteiger partial charge in [0, 0.05) is 18.2 Å². The third kappa shape index (κ3) is 3.70. The summed E-state index contributed by atoms with van der Waals surface area (Å²) in [7, 11) is -3.36. The van der Waals surface area contributed by atoms with Gasteiger partial charge in [0.2, 0.25) is 5.91 Å². The van der Waals surface area contributed by atoms with Gasteiger partial charge in [-0.1, -0.05) is 23.7 Å². The minimum atomic E-state index is -3.36. The number of nitrogens with zero attached hydrogens (tertiary/aromatic N) is 1. The van der Waals surface area contributed by atoms with Crippen LogP contribution in [0, 0.1) is 0 Å². The third-order valence-corrected chi connectivity index (χ3v) is 6.37. The summed E-state index contributed by atoms with van der Waals surface area (Å²) in [6, 6.07) is 7.69. The van der Waals surface area contributed by atoms with Gasteiger partial charge in [0.05, 0.1) is 20.5 Å². The van der Waals surface area contributed by atoms with Crippen LogP contribution in [0.3, 0.4) is 0 Å². The van der Waals surface area contributed by atoms with Crippen LogP contribution in [-0.4, -0.2) is 39.1 Å². The van der Waals surface area contributed by atoms with Crippen LogP contribution in [-0.2, 0) is 14.6 Å². The normalized spacial score (nSPS) is 17.8. The Hall–Kier alpha value is -1.90. The molecule has 0 saturated carbocycles. The summed E-state index contributed by atoms with van der Waals surface area (Å²) in [5, 5.41) is 4.56. The summed E-state index contributed by atoms with van der Waals surface area (Å²) in [6.45, 7) is 0.451. The zero-order chi connectivity index (χ0) is 18.2. The molecule has 1 aliphatic rings. The molecule has 132 valence electrons. The first-order valence-electron chi connectivity index (χ1n) is 7.43. The predicted molar refractivity (Wildman–Crippen MR) is 97.1 cm³/mol. The molecule has 1 unspecified atom stereocenters. The summed E-state index contributed by atoms with van der Waals surface area (Å²) < 4.78 is 23.0. The Bertz CT molecular complexity index is 939. The van der Waals surface area contributed by atoms with Crippen molar-refractivity contribution in [3.05, 3.63) is 45.6 Å². The molecule has 0 spiro atoms. The maximum absolute atomic E-state index is 12.5. The van der Waals surface area contributed by atoms with Crippen molar-refractivity contribution in [3.8, 4) is 0 Å². The molecule has 0 aliphatic carbocycles. The molecule has 0 bridgehead atoms. The quantitative estimate of drug-likeness (QED) is 0.856. The maximum atomic E-state index is 12.5. The van der Waals surface area contributed by atoms with E-state index in [1.54, 1.807) is 29.2 Å². The molecule has 6 nitrogen and oxygen atoms in total. The molecule has 9 heteroatoms. The van der Waals surface area contributed by atoms with Crippen LogP contribution in [0.5, 0.6) is 0 Å². The fraction of sp³-hybridized carbons (Fsp3) is 0.250. The van der Waals surface area contributed by atoms with Gasteiger partial charge in [0.1, 0.15) is 6.04 Å². The highest BCUT2D eigenvalue weighted by atomic mass is 35.5. The molecule has 1 aromatic heterocycles. The lowest BCUT2D eigenvalue weighted by atomic mass is 10.2. The van der Waals surface area contributed by atoms with Crippen molar-refractivity contribution in [1.29, 1.82) is 0 Å². The van der Waals surface area contributed by atoms with E-state index in [9.17, 15) is 18.0 Å². The lowest BCUT2D eigenvalue weighted by molar-refractivity contribution is -0.118. The predicted octanol–water partition coefficient (Wildman–Crippen LogP) is 2.34. The summed E-state index contributed by atoms with van der Waals surface area (Å²) in [5.74, 6) is -0.694. The number of amides is 2. The zero-order valence-corrected chi connectivity index (χ0v) is 15.6. The van der Waals surface area contributed by atoms with Crippen LogP contribution in [0.25, 0.3) is 0 Å². The summed E-state index contributed by atoms with van der Waals surface area (Å²) in [4.78, 5) is 26.7. The van der Waals surface area contributed by atoms with Crippen LogP contribution in [0.4, 0.5) is 5.69 Å². The largest absolute Gasteiger partial charge is 0.339 e. The monoisotopic (exact) mass is 398 g/mol. The number of rotatable bonds is 4. The second kappa shape index (κ2) is 6.78. The van der Waals surface area contributed by atoms with E-state index in [1.165, 1.54) is 11.4 Å². The van der Waals surface area contributed by atoms with Crippen molar-refractivity contribution in [2.75, 3.05) is 17.7 Å². The van der Waals surface area contributed by atoms with E-state index in [0.29, 0.717) is 23.7 Å². The van der Waals surface area contributed by atoms with Gasteiger partial charge < -0.3 is 10.2 Å². The topological polar surface area (TPSA) is 83.6 Å². The van der Waals surface area contributed by atoms with Crippen LogP contribution < -0.4 is 10.2 Å². The van der Waals surface area contributed by atoms with E-state index in [1.807, 2.05) is 0 Å². The molecular weight excluding hydrogens is 384 g/mol. The number of para-hydroxylation sites is 1. The van der Waals surface area contributed by atoms with E-state index < -0.39 is 21.8 Å². The number of benzene rings is 1. The lowest BCUT2D eigenvalue weighted by Gasteiger charge is -2.18. The van der Waals surface area contributed by atoms with Crippen molar-refractivity contribution in [2.24, 2.45) is 0 Å². The molecule has 1 atom stereocenters. The molecule has 1 saturated heterocycles. The highest BCUT2D eigenvalue weighted by molar-refractivity contribution is 7.90. The van der Waals surface area contributed by atoms with Crippen molar-refractivity contribution in [2.45, 2.75) is 17.4 Å². The molecule has 3 rings (SSSR count). The molecule has 1 fully saturated rings. The Kier molecular flexibility index (Phi) is 4.86. The molecule has 2 heterocycles. The Morgan fingerprint density at radius 2 is 2.08 bits per heavy atom. The molecular formula is C16H15ClN2O4S2. The molecule has 25 heavy (non-hydrogen) atoms. The molecule has 1 aliphatic heterocycles. The van der Waals surface area contributed by atoms with Crippen LogP contribution in [0.15, 0.2) is 40.6 Å². The highest BCUT2D eigenvalue weighted by Gasteiger charge is 2.34. The van der Waals surface area contributed by atoms with Crippen molar-refractivity contribution < 1.29 is 18.0 Å². The minimum Gasteiger partial charge on any atom is -0.339 e. The number of carbonyl (C=O) groups is 2. The van der Waals surface area contributed by atoms with E-state index in [0.717, 1.165) is 17.6 Å². The number of halogens is 1. The summed E-state index contributed by atoms with van der Waals surface area (Å²) >= 11 is 7.16. The van der Waals surface area contributed by atoms with Gasteiger partial charge in [-0.25, -0.2) is 8.42 Å². The van der Waals surface area contributed by atoms with E-state index in [2.05, 4.69) is 5.32 Å². The first kappa shape index (κ1) is 17.9. The molecule has 2 amide bonds. The van der Waals surface area contributed by atoms with Crippen molar-refractivity contribution >= 4 is 50.3 Å². The summed E-state index contributed by atoms with van der Waals surface area (Å²) in [5.41, 5.74) is 0.612. The van der Waals surface area contributed by atoms with Crippen molar-refractivity contribution in [3.63, 3.8) is 0 Å². The van der Waals surface area contributed by atoms with Gasteiger partial charge in [0.15, 0.2) is 9.84 Å². The average Bonchev–Trinajstić information content (AvgIpc) is 3.16. The number of nitrogens with one attached hydrogen (secondary N) is 1. The van der Waals surface area contributed by atoms with Gasteiger partial charge in [-0.05, 0) is 24.6 Å². The molecule has 0 radical (unpaired) electrons. The summed E-state index contributed by atoms with van der Waals surface area (Å²) in [6.07, 6.45) is 1.54. The third-order valence-electron chi connectivity index (χ3n) is 3.88. The number of sulfone groups is 1. The number of hydrogen-bond donors (Lipinski definition) is 1. The Labute approximate surface area is 154 Å². The van der Waals surface area contributed by atoms with E-state index in [-0.39, 0.29) is 15.7 Å². The second-order valence-corrected chi connectivity index (χ2v) is 9.01. The van der Waals surface area contributed by atoms with Gasteiger partial charge in [0.25, 0.3) is 5.91 Å². The minimum absolute atomic E-state index is 0.0955. The van der Waals surface area contributed by atoms with Crippen LogP contribution >= 0.6 is 22.9 Å². The molecule has 1 aromatic carbocycles. The first-order chi connectivity index (χ1) is 11.8. The Morgan fingerprint density at radius 3 is 2.72 bits per heavy atom. The van der Waals surface area contributed by atoms with E-state index >= 15 is 0 Å². The highest BCUT2D eigenvalue weighted by Crippen LogP contribution is 2.29. The smallest absolute Gasteiger partial charge is 0.262 e. The fourth-order valence-electron chi connectivity index (χ4n) is 2.59. The lowest BCUT2D eigenvalue weighted by Crippen LogP contribution is -2.41. The maximum Gasteiger partial charge on any atom is 0.262 e. The SMILES string of the molecule is CS(=O)(=O)c1csc(C(=O)NC2CCN(c3ccccc3Cl)C2=O)c1.